The third-order valence-electron chi connectivity index (χ3n) is 10.6. The molecule has 0 aliphatic heterocycles. The molecule has 6 N–H and O–H groups in total. The number of aliphatic hydroxyl groups is 6. The van der Waals surface area contributed by atoms with Gasteiger partial charge in [-0.1, -0.05) is 13.8 Å². The van der Waals surface area contributed by atoms with Crippen LogP contribution < -0.4 is 0 Å². The van der Waals surface area contributed by atoms with Gasteiger partial charge in [0.25, 0.3) is 0 Å². The van der Waals surface area contributed by atoms with Crippen LogP contribution in [0.25, 0.3) is 0 Å². The van der Waals surface area contributed by atoms with Crippen LogP contribution in [0.3, 0.4) is 0 Å². The molecule has 0 saturated heterocycles. The number of hydrogen-bond acceptors (Lipinski definition) is 7. The van der Waals surface area contributed by atoms with Crippen molar-refractivity contribution in [1.29, 1.82) is 0 Å². The van der Waals surface area contributed by atoms with Crippen molar-refractivity contribution in [2.24, 2.45) is 28.6 Å². The summed E-state index contributed by atoms with van der Waals surface area (Å²) in [7, 11) is 0. The Bertz CT molecular complexity index is 860. The van der Waals surface area contributed by atoms with E-state index in [0.29, 0.717) is 44.1 Å². The van der Waals surface area contributed by atoms with Gasteiger partial charge in [-0.25, -0.2) is 0 Å². The molecule has 0 aromatic carbocycles. The predicted molar refractivity (Wildman–Crippen MR) is 127 cm³/mol. The maximum atomic E-state index is 13.3. The number of fused-ring (bicyclic) bond motifs is 5. The minimum Gasteiger partial charge on any atom is -0.393 e. The highest BCUT2D eigenvalue weighted by atomic mass is 16.3. The summed E-state index contributed by atoms with van der Waals surface area (Å²) in [5.74, 6) is -1.21. The normalized spacial score (nSPS) is 47.2. The van der Waals surface area contributed by atoms with Crippen LogP contribution in [0.5, 0.6) is 0 Å². The number of carbonyl (C=O) groups excluding carboxylic acids is 1. The number of carbonyl (C=O) groups is 1. The van der Waals surface area contributed by atoms with Gasteiger partial charge in [0.2, 0.25) is 0 Å². The summed E-state index contributed by atoms with van der Waals surface area (Å²) in [5.41, 5.74) is -4.59. The highest BCUT2D eigenvalue weighted by molar-refractivity contribution is 5.95. The fourth-order valence-corrected chi connectivity index (χ4v) is 8.32. The highest BCUT2D eigenvalue weighted by Gasteiger charge is 2.69. The van der Waals surface area contributed by atoms with Crippen molar-refractivity contribution in [2.75, 3.05) is 0 Å². The van der Waals surface area contributed by atoms with Crippen LogP contribution in [0.1, 0.15) is 86.0 Å². The minimum absolute atomic E-state index is 0.148. The van der Waals surface area contributed by atoms with Crippen molar-refractivity contribution >= 4 is 5.78 Å². The van der Waals surface area contributed by atoms with Crippen LogP contribution in [-0.2, 0) is 4.79 Å². The summed E-state index contributed by atoms with van der Waals surface area (Å²) >= 11 is 0. The standard InChI is InChI=1S/C27H44O7/c1-23(2,32)9-8-21(30)26(5,33)20-7-11-27(34)17-14-19(29)18-12-15(28)13-22(31)25(18,4)16(17)6-10-24(20,27)3/h14-16,18,20-22,28,30-34H,6-13H2,1-5H3/t15-,16+,18-,20+,21+,22-,24-,25-,26-,27-/m1/s1. The zero-order chi connectivity index (χ0) is 25.5. The molecule has 0 bridgehead atoms. The third kappa shape index (κ3) is 3.65. The van der Waals surface area contributed by atoms with Crippen LogP contribution in [0.4, 0.5) is 0 Å². The van der Waals surface area contributed by atoms with E-state index in [0.717, 1.165) is 0 Å². The van der Waals surface area contributed by atoms with Crippen LogP contribution in [0.15, 0.2) is 11.6 Å². The molecule has 0 unspecified atom stereocenters. The second kappa shape index (κ2) is 8.09. The summed E-state index contributed by atoms with van der Waals surface area (Å²) < 4.78 is 0. The summed E-state index contributed by atoms with van der Waals surface area (Å²) in [5, 5.41) is 66.1. The van der Waals surface area contributed by atoms with Gasteiger partial charge in [-0.05, 0) is 95.6 Å². The molecule has 7 nitrogen and oxygen atoms in total. The SMILES string of the molecule is CC(C)(O)CC[C@H](O)[C@](C)(O)[C@H]1CC[C@@]2(O)C3=CC(=O)[C@H]4C[C@@H](O)C[C@@H](O)[C@]4(C)[C@H]3CC[C@]12C. The van der Waals surface area contributed by atoms with E-state index < -0.39 is 57.8 Å². The lowest BCUT2D eigenvalue weighted by Crippen LogP contribution is -2.64. The molecule has 4 aliphatic carbocycles. The first-order chi connectivity index (χ1) is 15.5. The number of allylic oxidation sites excluding steroid dienone is 1. The Balaban J connectivity index is 1.68. The monoisotopic (exact) mass is 480 g/mol. The van der Waals surface area contributed by atoms with Crippen LogP contribution in [0, 0.1) is 28.6 Å². The highest BCUT2D eigenvalue weighted by Crippen LogP contribution is 2.68. The Morgan fingerprint density at radius 1 is 1.06 bits per heavy atom. The van der Waals surface area contributed by atoms with Gasteiger partial charge in [0.05, 0.1) is 35.1 Å². The molecular weight excluding hydrogens is 436 g/mol. The van der Waals surface area contributed by atoms with E-state index in [1.165, 1.54) is 0 Å². The molecule has 34 heavy (non-hydrogen) atoms. The minimum atomic E-state index is -1.47. The summed E-state index contributed by atoms with van der Waals surface area (Å²) in [4.78, 5) is 13.3. The second-order valence-electron chi connectivity index (χ2n) is 13.1. The fraction of sp³-hybridized carbons (Fsp3) is 0.889. The van der Waals surface area contributed by atoms with Gasteiger partial charge in [0.1, 0.15) is 0 Å². The first-order valence-corrected chi connectivity index (χ1v) is 13.0. The maximum absolute atomic E-state index is 13.3. The lowest BCUT2D eigenvalue weighted by Gasteiger charge is -2.61. The lowest BCUT2D eigenvalue weighted by molar-refractivity contribution is -0.183. The predicted octanol–water partition coefficient (Wildman–Crippen LogP) is 1.85. The topological polar surface area (TPSA) is 138 Å². The molecule has 3 saturated carbocycles. The summed E-state index contributed by atoms with van der Waals surface area (Å²) in [6, 6.07) is 0. The van der Waals surface area contributed by atoms with Gasteiger partial charge in [-0.2, -0.15) is 0 Å². The van der Waals surface area contributed by atoms with E-state index in [2.05, 4.69) is 0 Å². The smallest absolute Gasteiger partial charge is 0.159 e. The molecule has 0 amide bonds. The lowest BCUT2D eigenvalue weighted by atomic mass is 9.45. The maximum Gasteiger partial charge on any atom is 0.159 e. The molecule has 7 heteroatoms. The number of aliphatic hydroxyl groups excluding tert-OH is 3. The van der Waals surface area contributed by atoms with Crippen molar-refractivity contribution in [3.05, 3.63) is 11.6 Å². The average molecular weight is 481 g/mol. The van der Waals surface area contributed by atoms with Crippen molar-refractivity contribution in [1.82, 2.24) is 0 Å². The van der Waals surface area contributed by atoms with E-state index >= 15 is 0 Å². The van der Waals surface area contributed by atoms with Crippen LogP contribution in [-0.4, -0.2) is 71.5 Å². The van der Waals surface area contributed by atoms with Gasteiger partial charge < -0.3 is 30.6 Å². The molecule has 3 fully saturated rings. The van der Waals surface area contributed by atoms with Gasteiger partial charge in [-0.15, -0.1) is 0 Å². The first-order valence-electron chi connectivity index (χ1n) is 13.0. The Hall–Kier alpha value is -0.830. The van der Waals surface area contributed by atoms with Gasteiger partial charge in [0.15, 0.2) is 5.78 Å². The van der Waals surface area contributed by atoms with Crippen LogP contribution in [0.2, 0.25) is 0 Å². The van der Waals surface area contributed by atoms with Crippen molar-refractivity contribution in [3.63, 3.8) is 0 Å². The van der Waals surface area contributed by atoms with Crippen LogP contribution >= 0.6 is 0 Å². The van der Waals surface area contributed by atoms with Gasteiger partial charge >= 0.3 is 0 Å². The van der Waals surface area contributed by atoms with E-state index in [-0.39, 0.29) is 24.5 Å². The molecule has 4 rings (SSSR count). The molecule has 0 radical (unpaired) electrons. The zero-order valence-electron chi connectivity index (χ0n) is 21.3. The van der Waals surface area contributed by atoms with Crippen molar-refractivity contribution < 1.29 is 35.4 Å². The van der Waals surface area contributed by atoms with Gasteiger partial charge in [-0.3, -0.25) is 4.79 Å². The van der Waals surface area contributed by atoms with E-state index in [1.54, 1.807) is 26.8 Å². The molecule has 0 aromatic rings. The van der Waals surface area contributed by atoms with E-state index in [1.807, 2.05) is 13.8 Å². The molecule has 10 atom stereocenters. The Kier molecular flexibility index (Phi) is 6.24. The third-order valence-corrected chi connectivity index (χ3v) is 10.6. The molecular formula is C27H44O7. The van der Waals surface area contributed by atoms with E-state index in [9.17, 15) is 35.4 Å². The summed E-state index contributed by atoms with van der Waals surface area (Å²) in [6.45, 7) is 8.85. The fourth-order valence-electron chi connectivity index (χ4n) is 8.32. The molecule has 0 spiro atoms. The Morgan fingerprint density at radius 3 is 2.32 bits per heavy atom. The van der Waals surface area contributed by atoms with E-state index in [4.69, 9.17) is 0 Å². The number of ketones is 1. The first kappa shape index (κ1) is 26.2. The largest absolute Gasteiger partial charge is 0.393 e. The number of rotatable bonds is 5. The Morgan fingerprint density at radius 2 is 1.71 bits per heavy atom. The second-order valence-corrected chi connectivity index (χ2v) is 13.1. The van der Waals surface area contributed by atoms with Gasteiger partial charge in [0, 0.05) is 16.7 Å². The number of hydrogen-bond donors (Lipinski definition) is 6. The quantitative estimate of drug-likeness (QED) is 0.353. The molecule has 194 valence electrons. The average Bonchev–Trinajstić information content (AvgIpc) is 3.00. The molecule has 4 aliphatic rings. The van der Waals surface area contributed by atoms with Crippen molar-refractivity contribution in [2.45, 2.75) is 121 Å². The van der Waals surface area contributed by atoms with Crippen molar-refractivity contribution in [3.8, 4) is 0 Å². The Labute approximate surface area is 202 Å². The molecule has 0 aromatic heterocycles. The summed E-state index contributed by atoms with van der Waals surface area (Å²) in [6.07, 6.45) is 2.21. The zero-order valence-corrected chi connectivity index (χ0v) is 21.3. The molecule has 0 heterocycles.